The van der Waals surface area contributed by atoms with Gasteiger partial charge in [-0.3, -0.25) is 0 Å². The number of hydrogen-bond donors (Lipinski definition) is 2. The molecule has 0 aromatic heterocycles. The second-order valence-electron chi connectivity index (χ2n) is 4.40. The van der Waals surface area contributed by atoms with Crippen molar-refractivity contribution < 1.29 is 18.3 Å². The Balaban J connectivity index is 2.45. The highest BCUT2D eigenvalue weighted by Gasteiger charge is 2.30. The van der Waals surface area contributed by atoms with E-state index in [1.807, 2.05) is 13.8 Å². The van der Waals surface area contributed by atoms with Crippen LogP contribution in [0.1, 0.15) is 26.7 Å². The molecule has 0 aromatic carbocycles. The van der Waals surface area contributed by atoms with Crippen LogP contribution in [0.3, 0.4) is 0 Å². The Morgan fingerprint density at radius 2 is 1.88 bits per heavy atom. The third-order valence-corrected chi connectivity index (χ3v) is 4.14. The summed E-state index contributed by atoms with van der Waals surface area (Å²) in [5.41, 5.74) is 0. The molecule has 102 valence electrons. The maximum Gasteiger partial charge on any atom is 0.279 e. The number of nitrogens with zero attached hydrogens (tertiary/aromatic N) is 1. The average molecular weight is 266 g/mol. The van der Waals surface area contributed by atoms with E-state index in [4.69, 9.17) is 9.84 Å². The van der Waals surface area contributed by atoms with Crippen LogP contribution in [0.2, 0.25) is 0 Å². The molecule has 6 nitrogen and oxygen atoms in total. The molecule has 0 amide bonds. The molecular weight excluding hydrogens is 244 g/mol. The van der Waals surface area contributed by atoms with Gasteiger partial charge in [-0.25, -0.2) is 4.72 Å². The molecule has 1 fully saturated rings. The molecular formula is C10H22N2O4S. The molecule has 1 aliphatic rings. The van der Waals surface area contributed by atoms with Crippen molar-refractivity contribution in [2.45, 2.75) is 38.9 Å². The topological polar surface area (TPSA) is 78.9 Å². The first kappa shape index (κ1) is 14.8. The van der Waals surface area contributed by atoms with E-state index in [-0.39, 0.29) is 18.8 Å². The van der Waals surface area contributed by atoms with Gasteiger partial charge in [0.25, 0.3) is 10.2 Å². The van der Waals surface area contributed by atoms with Gasteiger partial charge in [-0.05, 0) is 26.7 Å². The second kappa shape index (κ2) is 6.65. The summed E-state index contributed by atoms with van der Waals surface area (Å²) < 4.78 is 33.3. The number of aliphatic hydroxyl groups excluding tert-OH is 1. The van der Waals surface area contributed by atoms with Gasteiger partial charge in [0.15, 0.2) is 0 Å². The van der Waals surface area contributed by atoms with E-state index < -0.39 is 10.2 Å². The van der Waals surface area contributed by atoms with Gasteiger partial charge < -0.3 is 9.84 Å². The van der Waals surface area contributed by atoms with Crippen molar-refractivity contribution >= 4 is 10.2 Å². The van der Waals surface area contributed by atoms with Crippen molar-refractivity contribution in [3.05, 3.63) is 0 Å². The van der Waals surface area contributed by atoms with Gasteiger partial charge in [-0.15, -0.1) is 0 Å². The number of rotatable bonds is 6. The fourth-order valence-electron chi connectivity index (χ4n) is 1.86. The van der Waals surface area contributed by atoms with Crippen LogP contribution in [-0.2, 0) is 14.9 Å². The Labute approximate surface area is 103 Å². The minimum absolute atomic E-state index is 0.0761. The van der Waals surface area contributed by atoms with Crippen molar-refractivity contribution in [1.82, 2.24) is 9.03 Å². The maximum absolute atomic E-state index is 11.9. The summed E-state index contributed by atoms with van der Waals surface area (Å²) >= 11 is 0. The third-order valence-electron chi connectivity index (χ3n) is 2.60. The molecule has 0 spiro atoms. The van der Waals surface area contributed by atoms with Crippen LogP contribution in [0.5, 0.6) is 0 Å². The predicted octanol–water partition coefficient (Wildman–Crippen LogP) is -0.297. The SMILES string of the molecule is CC1CN(S(=O)(=O)NCCCCO)CC(C)O1. The molecule has 0 bridgehead atoms. The lowest BCUT2D eigenvalue weighted by molar-refractivity contribution is -0.0443. The van der Waals surface area contributed by atoms with Gasteiger partial charge in [-0.2, -0.15) is 12.7 Å². The zero-order valence-electron chi connectivity index (χ0n) is 10.4. The Hall–Kier alpha value is -0.210. The molecule has 0 saturated carbocycles. The van der Waals surface area contributed by atoms with Crippen molar-refractivity contribution in [3.63, 3.8) is 0 Å². The lowest BCUT2D eigenvalue weighted by atomic mass is 10.3. The number of ether oxygens (including phenoxy) is 1. The fraction of sp³-hybridized carbons (Fsp3) is 1.00. The summed E-state index contributed by atoms with van der Waals surface area (Å²) in [6, 6.07) is 0. The molecule has 17 heavy (non-hydrogen) atoms. The van der Waals surface area contributed by atoms with Crippen LogP contribution in [0.15, 0.2) is 0 Å². The zero-order chi connectivity index (χ0) is 12.9. The van der Waals surface area contributed by atoms with Gasteiger partial charge >= 0.3 is 0 Å². The Morgan fingerprint density at radius 1 is 1.29 bits per heavy atom. The van der Waals surface area contributed by atoms with E-state index in [1.54, 1.807) is 0 Å². The summed E-state index contributed by atoms with van der Waals surface area (Å²) in [6.07, 6.45) is 1.10. The van der Waals surface area contributed by atoms with Gasteiger partial charge in [0.05, 0.1) is 12.2 Å². The molecule has 1 aliphatic heterocycles. The monoisotopic (exact) mass is 266 g/mol. The van der Waals surface area contributed by atoms with Crippen LogP contribution in [-0.4, -0.2) is 56.3 Å². The minimum atomic E-state index is -3.41. The quantitative estimate of drug-likeness (QED) is 0.647. The second-order valence-corrected chi connectivity index (χ2v) is 6.16. The molecule has 2 unspecified atom stereocenters. The number of hydrogen-bond acceptors (Lipinski definition) is 4. The van der Waals surface area contributed by atoms with Crippen LogP contribution in [0.25, 0.3) is 0 Å². The van der Waals surface area contributed by atoms with Gasteiger partial charge in [0.2, 0.25) is 0 Å². The fourth-order valence-corrected chi connectivity index (χ4v) is 3.25. The lowest BCUT2D eigenvalue weighted by Gasteiger charge is -2.34. The first-order valence-electron chi connectivity index (χ1n) is 5.96. The van der Waals surface area contributed by atoms with Crippen LogP contribution in [0, 0.1) is 0 Å². The smallest absolute Gasteiger partial charge is 0.279 e. The van der Waals surface area contributed by atoms with Gasteiger partial charge in [0.1, 0.15) is 0 Å². The Morgan fingerprint density at radius 3 is 2.41 bits per heavy atom. The zero-order valence-corrected chi connectivity index (χ0v) is 11.2. The lowest BCUT2D eigenvalue weighted by Crippen LogP contribution is -2.52. The summed E-state index contributed by atoms with van der Waals surface area (Å²) in [4.78, 5) is 0. The Kier molecular flexibility index (Phi) is 5.81. The average Bonchev–Trinajstić information content (AvgIpc) is 2.23. The molecule has 0 aromatic rings. The first-order valence-corrected chi connectivity index (χ1v) is 7.40. The van der Waals surface area contributed by atoms with Crippen molar-refractivity contribution in [3.8, 4) is 0 Å². The molecule has 1 saturated heterocycles. The largest absolute Gasteiger partial charge is 0.396 e. The van der Waals surface area contributed by atoms with E-state index >= 15 is 0 Å². The summed E-state index contributed by atoms with van der Waals surface area (Å²) in [5.74, 6) is 0. The summed E-state index contributed by atoms with van der Waals surface area (Å²) in [6.45, 7) is 4.96. The van der Waals surface area contributed by atoms with E-state index in [2.05, 4.69) is 4.72 Å². The van der Waals surface area contributed by atoms with E-state index in [0.717, 1.165) is 0 Å². The van der Waals surface area contributed by atoms with Crippen molar-refractivity contribution in [1.29, 1.82) is 0 Å². The summed E-state index contributed by atoms with van der Waals surface area (Å²) in [7, 11) is -3.41. The molecule has 1 heterocycles. The van der Waals surface area contributed by atoms with Crippen LogP contribution < -0.4 is 4.72 Å². The number of morpholine rings is 1. The molecule has 1 rings (SSSR count). The predicted molar refractivity (Wildman–Crippen MR) is 64.8 cm³/mol. The van der Waals surface area contributed by atoms with Crippen LogP contribution >= 0.6 is 0 Å². The highest BCUT2D eigenvalue weighted by atomic mass is 32.2. The number of aliphatic hydroxyl groups is 1. The normalized spacial score (nSPS) is 27.2. The molecule has 0 aliphatic carbocycles. The highest BCUT2D eigenvalue weighted by Crippen LogP contribution is 2.13. The highest BCUT2D eigenvalue weighted by molar-refractivity contribution is 7.87. The van der Waals surface area contributed by atoms with Crippen molar-refractivity contribution in [2.24, 2.45) is 0 Å². The number of unbranched alkanes of at least 4 members (excludes halogenated alkanes) is 1. The molecule has 7 heteroatoms. The number of nitrogens with one attached hydrogen (secondary N) is 1. The third kappa shape index (κ3) is 4.89. The summed E-state index contributed by atoms with van der Waals surface area (Å²) in [5, 5.41) is 8.61. The van der Waals surface area contributed by atoms with E-state index in [9.17, 15) is 8.42 Å². The van der Waals surface area contributed by atoms with Crippen molar-refractivity contribution in [2.75, 3.05) is 26.2 Å². The molecule has 0 radical (unpaired) electrons. The first-order chi connectivity index (χ1) is 7.95. The van der Waals surface area contributed by atoms with Crippen LogP contribution in [0.4, 0.5) is 0 Å². The standard InChI is InChI=1S/C10H22N2O4S/c1-9-7-12(8-10(2)16-9)17(14,15)11-5-3-4-6-13/h9-11,13H,3-8H2,1-2H3. The molecule has 2 atom stereocenters. The molecule has 2 N–H and O–H groups in total. The maximum atomic E-state index is 11.9. The van der Waals surface area contributed by atoms with E-state index in [0.29, 0.717) is 32.5 Å². The van der Waals surface area contributed by atoms with E-state index in [1.165, 1.54) is 4.31 Å². The van der Waals surface area contributed by atoms with Gasteiger partial charge in [-0.1, -0.05) is 0 Å². The Bertz CT molecular complexity index is 310. The minimum Gasteiger partial charge on any atom is -0.396 e. The van der Waals surface area contributed by atoms with Gasteiger partial charge in [0, 0.05) is 26.2 Å².